The minimum absolute atomic E-state index is 0.238. The van der Waals surface area contributed by atoms with Crippen LogP contribution >= 0.6 is 0 Å². The highest BCUT2D eigenvalue weighted by Crippen LogP contribution is 2.40. The second-order valence-corrected chi connectivity index (χ2v) is 6.16. The SMILES string of the molecule is C=CC[C@H]1[C@@H]2C[C@@H](CN1C=O)[C@H]1CCCC(=O)N1C2. The molecule has 0 aromatic rings. The highest BCUT2D eigenvalue weighted by Gasteiger charge is 2.47. The van der Waals surface area contributed by atoms with E-state index < -0.39 is 0 Å². The van der Waals surface area contributed by atoms with Crippen LogP contribution in [-0.2, 0) is 9.59 Å². The number of piperidine rings is 3. The van der Waals surface area contributed by atoms with Gasteiger partial charge in [-0.2, -0.15) is 0 Å². The Kier molecular flexibility index (Phi) is 3.33. The van der Waals surface area contributed by atoms with Crippen molar-refractivity contribution >= 4 is 12.3 Å². The molecule has 2 amide bonds. The van der Waals surface area contributed by atoms with Gasteiger partial charge in [-0.1, -0.05) is 6.08 Å². The number of carbonyl (C=O) groups is 2. The Hall–Kier alpha value is -1.32. The number of carbonyl (C=O) groups excluding carboxylic acids is 2. The van der Waals surface area contributed by atoms with Crippen molar-refractivity contribution in [3.8, 4) is 0 Å². The predicted octanol–water partition coefficient (Wildman–Crippen LogP) is 1.42. The number of hydrogen-bond donors (Lipinski definition) is 0. The molecule has 0 spiro atoms. The van der Waals surface area contributed by atoms with Crippen LogP contribution in [0.3, 0.4) is 0 Å². The smallest absolute Gasteiger partial charge is 0.222 e. The van der Waals surface area contributed by atoms with E-state index in [2.05, 4.69) is 11.5 Å². The Morgan fingerprint density at radius 3 is 2.89 bits per heavy atom. The van der Waals surface area contributed by atoms with Crippen molar-refractivity contribution < 1.29 is 9.59 Å². The number of likely N-dealkylation sites (tertiary alicyclic amines) is 1. The van der Waals surface area contributed by atoms with Gasteiger partial charge in [0.2, 0.25) is 12.3 Å². The summed E-state index contributed by atoms with van der Waals surface area (Å²) in [6.45, 7) is 5.45. The van der Waals surface area contributed by atoms with E-state index in [4.69, 9.17) is 0 Å². The summed E-state index contributed by atoms with van der Waals surface area (Å²) in [5.74, 6) is 1.23. The second-order valence-electron chi connectivity index (χ2n) is 6.16. The van der Waals surface area contributed by atoms with E-state index in [9.17, 15) is 9.59 Å². The number of fused-ring (bicyclic) bond motifs is 4. The Bertz CT molecular complexity index is 396. The zero-order chi connectivity index (χ0) is 13.4. The second kappa shape index (κ2) is 4.99. The van der Waals surface area contributed by atoms with E-state index in [1.54, 1.807) is 0 Å². The number of rotatable bonds is 3. The molecule has 3 saturated heterocycles. The van der Waals surface area contributed by atoms with E-state index >= 15 is 0 Å². The summed E-state index contributed by atoms with van der Waals surface area (Å²) in [6.07, 6.45) is 7.72. The molecule has 4 atom stereocenters. The van der Waals surface area contributed by atoms with Gasteiger partial charge in [0.15, 0.2) is 0 Å². The van der Waals surface area contributed by atoms with Crippen LogP contribution in [0, 0.1) is 11.8 Å². The van der Waals surface area contributed by atoms with Gasteiger partial charge in [-0.25, -0.2) is 0 Å². The third-order valence-corrected chi connectivity index (χ3v) is 5.15. The van der Waals surface area contributed by atoms with Gasteiger partial charge in [-0.15, -0.1) is 6.58 Å². The molecule has 4 nitrogen and oxygen atoms in total. The molecule has 0 aromatic heterocycles. The number of hydrogen-bond acceptors (Lipinski definition) is 2. The van der Waals surface area contributed by atoms with Crippen LogP contribution in [0.2, 0.25) is 0 Å². The average Bonchev–Trinajstić information content (AvgIpc) is 2.43. The summed E-state index contributed by atoms with van der Waals surface area (Å²) >= 11 is 0. The van der Waals surface area contributed by atoms with Crippen molar-refractivity contribution in [2.24, 2.45) is 11.8 Å². The fourth-order valence-corrected chi connectivity index (χ4v) is 4.32. The lowest BCUT2D eigenvalue weighted by Gasteiger charge is -2.54. The fourth-order valence-electron chi connectivity index (χ4n) is 4.32. The number of amides is 2. The third-order valence-electron chi connectivity index (χ3n) is 5.15. The van der Waals surface area contributed by atoms with Gasteiger partial charge >= 0.3 is 0 Å². The fraction of sp³-hybridized carbons (Fsp3) is 0.733. The number of nitrogens with zero attached hydrogens (tertiary/aromatic N) is 2. The van der Waals surface area contributed by atoms with Crippen LogP contribution < -0.4 is 0 Å². The largest absolute Gasteiger partial charge is 0.341 e. The van der Waals surface area contributed by atoms with Gasteiger partial charge in [0.25, 0.3) is 0 Å². The van der Waals surface area contributed by atoms with Crippen molar-refractivity contribution in [2.75, 3.05) is 13.1 Å². The molecule has 3 rings (SSSR count). The van der Waals surface area contributed by atoms with Gasteiger partial charge in [-0.05, 0) is 37.5 Å². The summed E-state index contributed by atoms with van der Waals surface area (Å²) in [6, 6.07) is 0.617. The highest BCUT2D eigenvalue weighted by molar-refractivity contribution is 5.77. The summed E-state index contributed by atoms with van der Waals surface area (Å²) < 4.78 is 0. The van der Waals surface area contributed by atoms with E-state index in [1.165, 1.54) is 0 Å². The van der Waals surface area contributed by atoms with Crippen LogP contribution in [0.15, 0.2) is 12.7 Å². The highest BCUT2D eigenvalue weighted by atomic mass is 16.2. The molecule has 0 radical (unpaired) electrons. The van der Waals surface area contributed by atoms with Crippen LogP contribution in [0.1, 0.15) is 32.1 Å². The first-order valence-electron chi connectivity index (χ1n) is 7.36. The lowest BCUT2D eigenvalue weighted by molar-refractivity contribution is -0.149. The molecule has 0 N–H and O–H groups in total. The Balaban J connectivity index is 1.83. The van der Waals surface area contributed by atoms with Crippen LogP contribution in [0.4, 0.5) is 0 Å². The van der Waals surface area contributed by atoms with Crippen molar-refractivity contribution in [1.29, 1.82) is 0 Å². The molecule has 3 fully saturated rings. The maximum atomic E-state index is 12.1. The van der Waals surface area contributed by atoms with Crippen LogP contribution in [-0.4, -0.2) is 47.3 Å². The van der Waals surface area contributed by atoms with E-state index in [1.807, 2.05) is 11.0 Å². The molecule has 2 bridgehead atoms. The maximum absolute atomic E-state index is 12.1. The minimum atomic E-state index is 0.238. The van der Waals surface area contributed by atoms with Crippen LogP contribution in [0.25, 0.3) is 0 Å². The molecule has 0 saturated carbocycles. The third kappa shape index (κ3) is 2.07. The molecule has 0 aliphatic carbocycles. The zero-order valence-corrected chi connectivity index (χ0v) is 11.3. The summed E-state index contributed by atoms with van der Waals surface area (Å²) in [4.78, 5) is 27.5. The minimum Gasteiger partial charge on any atom is -0.341 e. The summed E-state index contributed by atoms with van der Waals surface area (Å²) in [7, 11) is 0. The molecule has 0 aromatic carbocycles. The molecule has 3 aliphatic rings. The first-order valence-corrected chi connectivity index (χ1v) is 7.36. The van der Waals surface area contributed by atoms with Crippen molar-refractivity contribution in [1.82, 2.24) is 9.80 Å². The molecule has 0 unspecified atom stereocenters. The van der Waals surface area contributed by atoms with Gasteiger partial charge in [0.1, 0.15) is 0 Å². The molecule has 4 heteroatoms. The topological polar surface area (TPSA) is 40.6 Å². The molecule has 3 aliphatic heterocycles. The van der Waals surface area contributed by atoms with Gasteiger partial charge in [-0.3, -0.25) is 9.59 Å². The van der Waals surface area contributed by atoms with E-state index in [0.29, 0.717) is 30.2 Å². The monoisotopic (exact) mass is 262 g/mol. The first kappa shape index (κ1) is 12.7. The van der Waals surface area contributed by atoms with Gasteiger partial charge in [0, 0.05) is 31.6 Å². The zero-order valence-electron chi connectivity index (χ0n) is 11.3. The van der Waals surface area contributed by atoms with E-state index in [-0.39, 0.29) is 6.04 Å². The molecular weight excluding hydrogens is 240 g/mol. The van der Waals surface area contributed by atoms with Crippen molar-refractivity contribution in [2.45, 2.75) is 44.2 Å². The Morgan fingerprint density at radius 1 is 1.32 bits per heavy atom. The normalized spacial score (nSPS) is 37.8. The quantitative estimate of drug-likeness (QED) is 0.570. The van der Waals surface area contributed by atoms with Crippen LogP contribution in [0.5, 0.6) is 0 Å². The maximum Gasteiger partial charge on any atom is 0.222 e. The predicted molar refractivity (Wildman–Crippen MR) is 72.3 cm³/mol. The first-order chi connectivity index (χ1) is 9.24. The van der Waals surface area contributed by atoms with E-state index in [0.717, 1.165) is 45.2 Å². The van der Waals surface area contributed by atoms with Gasteiger partial charge < -0.3 is 9.80 Å². The Labute approximate surface area is 114 Å². The molecule has 19 heavy (non-hydrogen) atoms. The average molecular weight is 262 g/mol. The molecule has 3 heterocycles. The lowest BCUT2D eigenvalue weighted by atomic mass is 9.72. The Morgan fingerprint density at radius 2 is 2.16 bits per heavy atom. The summed E-state index contributed by atoms with van der Waals surface area (Å²) in [5, 5.41) is 0. The molecular formula is C15H22N2O2. The molecule has 104 valence electrons. The lowest BCUT2D eigenvalue weighted by Crippen LogP contribution is -2.63. The van der Waals surface area contributed by atoms with Crippen molar-refractivity contribution in [3.63, 3.8) is 0 Å². The van der Waals surface area contributed by atoms with Crippen molar-refractivity contribution in [3.05, 3.63) is 12.7 Å². The van der Waals surface area contributed by atoms with Gasteiger partial charge in [0.05, 0.1) is 0 Å². The standard InChI is InChI=1S/C15H22N2O2/c1-2-4-13-12-7-11(8-16(13)10-18)14-5-3-6-15(19)17(14)9-12/h2,10-14H,1,3-9H2/t11-,12+,13-,14+/m0/s1. The summed E-state index contributed by atoms with van der Waals surface area (Å²) in [5.41, 5.74) is 0.